The summed E-state index contributed by atoms with van der Waals surface area (Å²) >= 11 is 0. The summed E-state index contributed by atoms with van der Waals surface area (Å²) in [4.78, 5) is 4.34. The number of rotatable bonds is 12. The Morgan fingerprint density at radius 2 is 1.97 bits per heavy atom. The summed E-state index contributed by atoms with van der Waals surface area (Å²) < 4.78 is 16.9. The zero-order valence-electron chi connectivity index (χ0n) is 19.9. The fourth-order valence-electron chi connectivity index (χ4n) is 3.24. The molecule has 0 aromatic heterocycles. The maximum atomic E-state index is 5.79. The molecule has 1 fully saturated rings. The summed E-state index contributed by atoms with van der Waals surface area (Å²) in [5, 5.41) is 6.82. The lowest BCUT2D eigenvalue weighted by molar-refractivity contribution is 0.0888. The molecular formula is C24H42IN3O3. The van der Waals surface area contributed by atoms with Gasteiger partial charge in [-0.1, -0.05) is 39.8 Å². The van der Waals surface area contributed by atoms with Crippen molar-refractivity contribution in [2.45, 2.75) is 46.0 Å². The van der Waals surface area contributed by atoms with Crippen molar-refractivity contribution in [3.8, 4) is 5.75 Å². The first-order valence-corrected chi connectivity index (χ1v) is 11.2. The number of hydrogen-bond donors (Lipinski definition) is 2. The summed E-state index contributed by atoms with van der Waals surface area (Å²) in [6.45, 7) is 14.4. The fourth-order valence-corrected chi connectivity index (χ4v) is 3.24. The van der Waals surface area contributed by atoms with E-state index in [1.54, 1.807) is 7.05 Å². The molecule has 1 aromatic rings. The number of nitrogens with one attached hydrogen (secondary N) is 2. The quantitative estimate of drug-likeness (QED) is 0.178. The minimum absolute atomic E-state index is 0. The minimum Gasteiger partial charge on any atom is -0.493 e. The van der Waals surface area contributed by atoms with Gasteiger partial charge in [-0.2, -0.15) is 0 Å². The first kappa shape index (κ1) is 28.0. The highest BCUT2D eigenvalue weighted by molar-refractivity contribution is 14.0. The van der Waals surface area contributed by atoms with Gasteiger partial charge in [0.15, 0.2) is 5.96 Å². The van der Waals surface area contributed by atoms with Gasteiger partial charge in [0.05, 0.1) is 19.8 Å². The molecule has 0 aliphatic carbocycles. The van der Waals surface area contributed by atoms with Gasteiger partial charge in [0.25, 0.3) is 0 Å². The molecule has 0 amide bonds. The van der Waals surface area contributed by atoms with E-state index in [-0.39, 0.29) is 29.4 Å². The van der Waals surface area contributed by atoms with E-state index in [0.717, 1.165) is 70.7 Å². The molecule has 0 spiro atoms. The van der Waals surface area contributed by atoms with Crippen molar-refractivity contribution < 1.29 is 14.2 Å². The molecule has 31 heavy (non-hydrogen) atoms. The second kappa shape index (κ2) is 14.9. The van der Waals surface area contributed by atoms with Gasteiger partial charge in [0.1, 0.15) is 5.75 Å². The van der Waals surface area contributed by atoms with Crippen LogP contribution in [0.4, 0.5) is 0 Å². The lowest BCUT2D eigenvalue weighted by atomic mass is 9.84. The lowest BCUT2D eigenvalue weighted by Crippen LogP contribution is -2.43. The van der Waals surface area contributed by atoms with Crippen molar-refractivity contribution in [2.75, 3.05) is 53.2 Å². The number of benzene rings is 1. The molecule has 0 bridgehead atoms. The van der Waals surface area contributed by atoms with Crippen LogP contribution in [0.5, 0.6) is 5.75 Å². The smallest absolute Gasteiger partial charge is 0.191 e. The Morgan fingerprint density at radius 3 is 2.58 bits per heavy atom. The molecule has 1 aliphatic heterocycles. The van der Waals surface area contributed by atoms with Gasteiger partial charge >= 0.3 is 0 Å². The zero-order chi connectivity index (χ0) is 21.8. The molecule has 1 unspecified atom stereocenters. The largest absolute Gasteiger partial charge is 0.493 e. The maximum absolute atomic E-state index is 5.79. The summed E-state index contributed by atoms with van der Waals surface area (Å²) in [7, 11) is 1.81. The highest BCUT2D eigenvalue weighted by atomic mass is 127. The Hall–Kier alpha value is -1.06. The molecule has 0 saturated carbocycles. The monoisotopic (exact) mass is 547 g/mol. The van der Waals surface area contributed by atoms with Crippen molar-refractivity contribution in [2.24, 2.45) is 16.8 Å². The summed E-state index contributed by atoms with van der Waals surface area (Å²) in [6, 6.07) is 8.43. The second-order valence-corrected chi connectivity index (χ2v) is 9.12. The SMILES string of the molecule is CN=C(NCCCOCC1CCOC1)NCC(C)(C)c1ccc(OCC(C)C)cc1.I. The predicted molar refractivity (Wildman–Crippen MR) is 139 cm³/mol. The minimum atomic E-state index is -0.0271. The number of guanidine groups is 1. The molecule has 1 aromatic carbocycles. The maximum Gasteiger partial charge on any atom is 0.191 e. The predicted octanol–water partition coefficient (Wildman–Crippen LogP) is 4.23. The molecule has 2 N–H and O–H groups in total. The Kier molecular flexibility index (Phi) is 13.4. The average Bonchev–Trinajstić information content (AvgIpc) is 3.25. The first-order chi connectivity index (χ1) is 14.4. The van der Waals surface area contributed by atoms with Crippen molar-refractivity contribution in [1.29, 1.82) is 0 Å². The molecule has 1 heterocycles. The van der Waals surface area contributed by atoms with Gasteiger partial charge in [-0.3, -0.25) is 4.99 Å². The molecule has 178 valence electrons. The van der Waals surface area contributed by atoms with Crippen LogP contribution in [-0.4, -0.2) is 59.1 Å². The van der Waals surface area contributed by atoms with Crippen LogP contribution in [0.3, 0.4) is 0 Å². The Balaban J connectivity index is 0.00000480. The standard InChI is InChI=1S/C24H41N3O3.HI/c1-19(2)15-30-22-9-7-21(8-10-22)24(3,4)18-27-23(25-5)26-12-6-13-28-16-20-11-14-29-17-20;/h7-10,19-20H,6,11-18H2,1-5H3,(H2,25,26,27);1H. The van der Waals surface area contributed by atoms with Crippen LogP contribution in [-0.2, 0) is 14.9 Å². The van der Waals surface area contributed by atoms with Gasteiger partial charge in [-0.05, 0) is 36.5 Å². The second-order valence-electron chi connectivity index (χ2n) is 9.12. The number of aliphatic imine (C=N–C) groups is 1. The molecule has 1 saturated heterocycles. The summed E-state index contributed by atoms with van der Waals surface area (Å²) in [5.74, 6) is 2.85. The van der Waals surface area contributed by atoms with Crippen molar-refractivity contribution in [1.82, 2.24) is 10.6 Å². The van der Waals surface area contributed by atoms with Crippen molar-refractivity contribution in [3.63, 3.8) is 0 Å². The van der Waals surface area contributed by atoms with Gasteiger partial charge in [0.2, 0.25) is 0 Å². The topological polar surface area (TPSA) is 64.1 Å². The van der Waals surface area contributed by atoms with E-state index in [4.69, 9.17) is 14.2 Å². The van der Waals surface area contributed by atoms with Crippen molar-refractivity contribution in [3.05, 3.63) is 29.8 Å². The average molecular weight is 548 g/mol. The van der Waals surface area contributed by atoms with E-state index in [2.05, 4.69) is 67.6 Å². The van der Waals surface area contributed by atoms with Crippen molar-refractivity contribution >= 4 is 29.9 Å². The number of halogens is 1. The van der Waals surface area contributed by atoms with Crippen LogP contribution >= 0.6 is 24.0 Å². The zero-order valence-corrected chi connectivity index (χ0v) is 22.2. The van der Waals surface area contributed by atoms with E-state index < -0.39 is 0 Å². The van der Waals surface area contributed by atoms with E-state index in [0.29, 0.717) is 11.8 Å². The van der Waals surface area contributed by atoms with Crippen LogP contribution < -0.4 is 15.4 Å². The molecule has 1 aliphatic rings. The highest BCUT2D eigenvalue weighted by Gasteiger charge is 2.21. The number of ether oxygens (including phenoxy) is 3. The highest BCUT2D eigenvalue weighted by Crippen LogP contribution is 2.24. The molecule has 6 nitrogen and oxygen atoms in total. The third-order valence-corrected chi connectivity index (χ3v) is 5.28. The third-order valence-electron chi connectivity index (χ3n) is 5.28. The molecule has 0 radical (unpaired) electrons. The summed E-state index contributed by atoms with van der Waals surface area (Å²) in [6.07, 6.45) is 2.08. The summed E-state index contributed by atoms with van der Waals surface area (Å²) in [5.41, 5.74) is 1.24. The van der Waals surface area contributed by atoms with Crippen LogP contribution in [0, 0.1) is 11.8 Å². The number of nitrogens with zero attached hydrogens (tertiary/aromatic N) is 1. The normalized spacial score (nSPS) is 16.8. The van der Waals surface area contributed by atoms with Crippen LogP contribution in [0.15, 0.2) is 29.3 Å². The van der Waals surface area contributed by atoms with Gasteiger partial charge in [-0.25, -0.2) is 0 Å². The Labute approximate surface area is 205 Å². The number of hydrogen-bond acceptors (Lipinski definition) is 4. The fraction of sp³-hybridized carbons (Fsp3) is 0.708. The van der Waals surface area contributed by atoms with E-state index in [9.17, 15) is 0 Å². The van der Waals surface area contributed by atoms with Crippen LogP contribution in [0.2, 0.25) is 0 Å². The van der Waals surface area contributed by atoms with E-state index in [1.807, 2.05) is 0 Å². The van der Waals surface area contributed by atoms with E-state index in [1.165, 1.54) is 5.56 Å². The van der Waals surface area contributed by atoms with Gasteiger partial charge in [0, 0.05) is 44.7 Å². The molecule has 2 rings (SSSR count). The van der Waals surface area contributed by atoms with Gasteiger partial charge in [-0.15, -0.1) is 24.0 Å². The Bertz CT molecular complexity index is 629. The molecule has 1 atom stereocenters. The van der Waals surface area contributed by atoms with Gasteiger partial charge < -0.3 is 24.8 Å². The van der Waals surface area contributed by atoms with E-state index >= 15 is 0 Å². The Morgan fingerprint density at radius 1 is 1.23 bits per heavy atom. The van der Waals surface area contributed by atoms with Crippen LogP contribution in [0.25, 0.3) is 0 Å². The lowest BCUT2D eigenvalue weighted by Gasteiger charge is -2.27. The molecule has 7 heteroatoms. The molecular weight excluding hydrogens is 505 g/mol. The third kappa shape index (κ3) is 10.9. The first-order valence-electron chi connectivity index (χ1n) is 11.2. The van der Waals surface area contributed by atoms with Crippen LogP contribution in [0.1, 0.15) is 46.1 Å².